The maximum atomic E-state index is 2.34. The highest BCUT2D eigenvalue weighted by molar-refractivity contribution is 6.08. The van der Waals surface area contributed by atoms with Crippen LogP contribution in [0.1, 0.15) is 28.2 Å². The van der Waals surface area contributed by atoms with Gasteiger partial charge in [0, 0.05) is 5.92 Å². The van der Waals surface area contributed by atoms with Gasteiger partial charge in [0.25, 0.3) is 0 Å². The molecule has 0 heterocycles. The van der Waals surface area contributed by atoms with Gasteiger partial charge in [-0.05, 0) is 45.0 Å². The first-order valence-corrected chi connectivity index (χ1v) is 5.90. The van der Waals surface area contributed by atoms with Crippen LogP contribution in [0.15, 0.2) is 42.5 Å². The Morgan fingerprint density at radius 2 is 1.88 bits per heavy atom. The number of allylic oxidation sites excluding steroid dienone is 4. The Labute approximate surface area is 93.9 Å². The van der Waals surface area contributed by atoms with E-state index in [4.69, 9.17) is 0 Å². The molecule has 0 radical (unpaired) electrons. The topological polar surface area (TPSA) is 0 Å². The Balaban J connectivity index is 2.03. The minimum Gasteiger partial charge on any atom is -0.0726 e. The van der Waals surface area contributed by atoms with E-state index >= 15 is 0 Å². The SMILES string of the molecule is C1=CC2C(=C1)c1c2c2c(c3ccccc13)C2. The summed E-state index contributed by atoms with van der Waals surface area (Å²) in [6.07, 6.45) is 8.07. The molecule has 74 valence electrons. The van der Waals surface area contributed by atoms with Crippen molar-refractivity contribution < 1.29 is 0 Å². The van der Waals surface area contributed by atoms with E-state index in [0.717, 1.165) is 0 Å². The molecule has 0 nitrogen and oxygen atoms in total. The highest BCUT2D eigenvalue weighted by Gasteiger charge is 2.41. The van der Waals surface area contributed by atoms with Gasteiger partial charge < -0.3 is 0 Å². The second-order valence-electron chi connectivity index (χ2n) is 4.95. The fourth-order valence-electron chi connectivity index (χ4n) is 3.45. The number of hydrogen-bond acceptors (Lipinski definition) is 0. The number of hydrogen-bond donors (Lipinski definition) is 0. The van der Waals surface area contributed by atoms with Crippen LogP contribution in [0.25, 0.3) is 16.3 Å². The summed E-state index contributed by atoms with van der Waals surface area (Å²) in [6, 6.07) is 8.87. The molecule has 1 atom stereocenters. The van der Waals surface area contributed by atoms with Crippen LogP contribution in [-0.4, -0.2) is 0 Å². The zero-order valence-electron chi connectivity index (χ0n) is 8.83. The molecular weight excluding hydrogens is 192 g/mol. The molecule has 16 heavy (non-hydrogen) atoms. The van der Waals surface area contributed by atoms with Gasteiger partial charge in [-0.1, -0.05) is 42.5 Å². The molecule has 0 fully saturated rings. The van der Waals surface area contributed by atoms with Crippen molar-refractivity contribution in [3.05, 3.63) is 64.7 Å². The van der Waals surface area contributed by atoms with Gasteiger partial charge >= 0.3 is 0 Å². The lowest BCUT2D eigenvalue weighted by Crippen LogP contribution is -2.12. The normalized spacial score (nSPS) is 22.2. The van der Waals surface area contributed by atoms with Crippen molar-refractivity contribution in [1.29, 1.82) is 0 Å². The van der Waals surface area contributed by atoms with Gasteiger partial charge in [-0.15, -0.1) is 0 Å². The predicted octanol–water partition coefficient (Wildman–Crippen LogP) is 3.79. The van der Waals surface area contributed by atoms with Crippen LogP contribution in [-0.2, 0) is 6.42 Å². The first-order chi connectivity index (χ1) is 7.95. The molecular formula is C16H10. The molecule has 0 spiro atoms. The van der Waals surface area contributed by atoms with Gasteiger partial charge in [0.15, 0.2) is 0 Å². The molecule has 0 saturated carbocycles. The van der Waals surface area contributed by atoms with Gasteiger partial charge in [0.1, 0.15) is 0 Å². The average molecular weight is 202 g/mol. The summed E-state index contributed by atoms with van der Waals surface area (Å²) in [7, 11) is 0. The van der Waals surface area contributed by atoms with Crippen LogP contribution in [0.3, 0.4) is 0 Å². The number of benzene rings is 2. The molecule has 0 N–H and O–H groups in total. The maximum absolute atomic E-state index is 2.34. The second-order valence-corrected chi connectivity index (χ2v) is 4.95. The zero-order chi connectivity index (χ0) is 10.3. The van der Waals surface area contributed by atoms with Crippen molar-refractivity contribution in [3.63, 3.8) is 0 Å². The van der Waals surface area contributed by atoms with Crippen molar-refractivity contribution in [3.8, 4) is 0 Å². The van der Waals surface area contributed by atoms with E-state index in [1.165, 1.54) is 17.2 Å². The summed E-state index contributed by atoms with van der Waals surface area (Å²) >= 11 is 0. The average Bonchev–Trinajstić information content (AvgIpc) is 2.97. The van der Waals surface area contributed by atoms with Gasteiger partial charge in [0.2, 0.25) is 0 Å². The summed E-state index contributed by atoms with van der Waals surface area (Å²) in [6.45, 7) is 0. The van der Waals surface area contributed by atoms with E-state index in [1.54, 1.807) is 27.8 Å². The molecule has 0 heteroatoms. The van der Waals surface area contributed by atoms with Crippen molar-refractivity contribution in [2.24, 2.45) is 0 Å². The van der Waals surface area contributed by atoms with Crippen LogP contribution in [0.5, 0.6) is 0 Å². The third-order valence-corrected chi connectivity index (χ3v) is 4.22. The van der Waals surface area contributed by atoms with E-state index in [2.05, 4.69) is 42.5 Å². The first-order valence-electron chi connectivity index (χ1n) is 5.90. The molecule has 3 aliphatic carbocycles. The Hall–Kier alpha value is -1.82. The van der Waals surface area contributed by atoms with E-state index in [1.807, 2.05) is 0 Å². The third-order valence-electron chi connectivity index (χ3n) is 4.22. The molecule has 0 amide bonds. The fraction of sp³-hybridized carbons (Fsp3) is 0.125. The molecule has 0 aromatic heterocycles. The number of rotatable bonds is 0. The van der Waals surface area contributed by atoms with Crippen LogP contribution in [0.2, 0.25) is 0 Å². The highest BCUT2D eigenvalue weighted by atomic mass is 14.4. The summed E-state index contributed by atoms with van der Waals surface area (Å²) in [5.74, 6) is 0.635. The Kier molecular flexibility index (Phi) is 1.000. The second kappa shape index (κ2) is 2.15. The van der Waals surface area contributed by atoms with Crippen molar-refractivity contribution in [2.75, 3.05) is 0 Å². The standard InChI is InChI=1S/C16H10/c1-2-5-10-9(4-1)13-8-14(13)16-12-7-3-6-11(12)15(10)16/h1-7,12H,8H2. The summed E-state index contributed by atoms with van der Waals surface area (Å²) < 4.78 is 0. The lowest BCUT2D eigenvalue weighted by atomic mass is 9.72. The fourth-order valence-corrected chi connectivity index (χ4v) is 3.45. The molecule has 1 unspecified atom stereocenters. The van der Waals surface area contributed by atoms with Crippen molar-refractivity contribution in [2.45, 2.75) is 12.3 Å². The van der Waals surface area contributed by atoms with Gasteiger partial charge in [-0.25, -0.2) is 0 Å². The molecule has 0 aliphatic heterocycles. The molecule has 5 rings (SSSR count). The minimum atomic E-state index is 0.635. The first kappa shape index (κ1) is 7.45. The van der Waals surface area contributed by atoms with Crippen LogP contribution in [0.4, 0.5) is 0 Å². The molecule has 0 saturated heterocycles. The van der Waals surface area contributed by atoms with E-state index in [9.17, 15) is 0 Å². The van der Waals surface area contributed by atoms with Crippen LogP contribution < -0.4 is 0 Å². The monoisotopic (exact) mass is 202 g/mol. The predicted molar refractivity (Wildman–Crippen MR) is 66.6 cm³/mol. The van der Waals surface area contributed by atoms with Crippen molar-refractivity contribution in [1.82, 2.24) is 0 Å². The summed E-state index contributed by atoms with van der Waals surface area (Å²) in [4.78, 5) is 0. The smallest absolute Gasteiger partial charge is 0.0288 e. The Morgan fingerprint density at radius 1 is 1.00 bits per heavy atom. The van der Waals surface area contributed by atoms with E-state index in [0.29, 0.717) is 5.92 Å². The molecule has 3 aliphatic rings. The van der Waals surface area contributed by atoms with E-state index < -0.39 is 0 Å². The van der Waals surface area contributed by atoms with Gasteiger partial charge in [-0.2, -0.15) is 0 Å². The molecule has 2 aromatic carbocycles. The summed E-state index contributed by atoms with van der Waals surface area (Å²) in [5, 5.41) is 2.96. The van der Waals surface area contributed by atoms with Gasteiger partial charge in [-0.3, -0.25) is 0 Å². The van der Waals surface area contributed by atoms with Crippen LogP contribution >= 0.6 is 0 Å². The molecule has 0 bridgehead atoms. The Morgan fingerprint density at radius 3 is 2.81 bits per heavy atom. The van der Waals surface area contributed by atoms with Gasteiger partial charge in [0.05, 0.1) is 0 Å². The quantitative estimate of drug-likeness (QED) is 0.520. The largest absolute Gasteiger partial charge is 0.0726 e. The van der Waals surface area contributed by atoms with Crippen LogP contribution in [0, 0.1) is 0 Å². The molecule has 2 aromatic rings. The van der Waals surface area contributed by atoms with E-state index in [-0.39, 0.29) is 0 Å². The minimum absolute atomic E-state index is 0.635. The lowest BCUT2D eigenvalue weighted by Gasteiger charge is -2.30. The summed E-state index contributed by atoms with van der Waals surface area (Å²) in [5.41, 5.74) is 7.97. The maximum Gasteiger partial charge on any atom is 0.0288 e. The third kappa shape index (κ3) is 0.629. The number of fused-ring (bicyclic) bond motifs is 9. The van der Waals surface area contributed by atoms with Crippen molar-refractivity contribution >= 4 is 16.3 Å². The zero-order valence-corrected chi connectivity index (χ0v) is 8.83. The Bertz CT molecular complexity index is 729. The lowest BCUT2D eigenvalue weighted by molar-refractivity contribution is 1.04. The highest BCUT2D eigenvalue weighted by Crippen LogP contribution is 2.58.